The van der Waals surface area contributed by atoms with E-state index in [0.29, 0.717) is 34.5 Å². The zero-order chi connectivity index (χ0) is 24.1. The number of benzene rings is 1. The van der Waals surface area contributed by atoms with Crippen molar-refractivity contribution in [3.8, 4) is 11.8 Å². The molecule has 0 atom stereocenters. The Hall–Kier alpha value is -3.68. The van der Waals surface area contributed by atoms with Gasteiger partial charge in [0.2, 0.25) is 5.91 Å². The van der Waals surface area contributed by atoms with Crippen LogP contribution in [0.2, 0.25) is 5.02 Å². The number of halogens is 1. The Morgan fingerprint density at radius 1 is 1.26 bits per heavy atom. The summed E-state index contributed by atoms with van der Waals surface area (Å²) in [6, 6.07) is 12.9. The number of aromatic nitrogens is 3. The largest absolute Gasteiger partial charge is 0.482 e. The van der Waals surface area contributed by atoms with E-state index in [2.05, 4.69) is 21.6 Å². The summed E-state index contributed by atoms with van der Waals surface area (Å²) in [7, 11) is 0. The molecule has 4 aromatic rings. The van der Waals surface area contributed by atoms with Gasteiger partial charge in [0.1, 0.15) is 23.4 Å². The number of nitriles is 1. The lowest BCUT2D eigenvalue weighted by Gasteiger charge is -2.11. The minimum Gasteiger partial charge on any atom is -0.482 e. The number of carbonyl (C=O) groups is 1. The first-order chi connectivity index (χ1) is 16.5. The fourth-order valence-electron chi connectivity index (χ4n) is 3.24. The van der Waals surface area contributed by atoms with Crippen molar-refractivity contribution in [2.24, 2.45) is 0 Å². The highest BCUT2D eigenvalue weighted by atomic mass is 35.5. The minimum atomic E-state index is -0.313. The van der Waals surface area contributed by atoms with Gasteiger partial charge in [-0.1, -0.05) is 35.5 Å². The van der Waals surface area contributed by atoms with Gasteiger partial charge in [-0.2, -0.15) is 5.26 Å². The maximum Gasteiger partial charge on any atom is 0.277 e. The first kappa shape index (κ1) is 23.5. The molecule has 3 aromatic heterocycles. The summed E-state index contributed by atoms with van der Waals surface area (Å²) in [5.74, 6) is 1.61. The Labute approximate surface area is 204 Å². The maximum atomic E-state index is 12.7. The number of rotatable bonds is 9. The Morgan fingerprint density at radius 3 is 2.82 bits per heavy atom. The summed E-state index contributed by atoms with van der Waals surface area (Å²) in [6.45, 7) is 4.19. The minimum absolute atomic E-state index is 0.0158. The van der Waals surface area contributed by atoms with Crippen molar-refractivity contribution in [2.45, 2.75) is 32.2 Å². The highest BCUT2D eigenvalue weighted by Crippen LogP contribution is 2.28. The summed E-state index contributed by atoms with van der Waals surface area (Å²) in [6.07, 6.45) is 1.58. The number of nitrogens with one attached hydrogen (secondary N) is 1. The van der Waals surface area contributed by atoms with Crippen molar-refractivity contribution in [3.05, 3.63) is 76.2 Å². The molecule has 0 spiro atoms. The van der Waals surface area contributed by atoms with Gasteiger partial charge in [-0.05, 0) is 43.7 Å². The summed E-state index contributed by atoms with van der Waals surface area (Å²) >= 11 is 7.15. The van der Waals surface area contributed by atoms with E-state index in [1.54, 1.807) is 36.6 Å². The van der Waals surface area contributed by atoms with Gasteiger partial charge in [0, 0.05) is 5.69 Å². The van der Waals surface area contributed by atoms with Gasteiger partial charge < -0.3 is 23.5 Å². The Kier molecular flexibility index (Phi) is 7.25. The average molecular weight is 498 g/mol. The van der Waals surface area contributed by atoms with Gasteiger partial charge in [0.05, 0.1) is 29.1 Å². The van der Waals surface area contributed by atoms with E-state index in [1.807, 2.05) is 24.5 Å². The molecule has 0 aliphatic rings. The van der Waals surface area contributed by atoms with Crippen molar-refractivity contribution in [1.29, 1.82) is 5.26 Å². The first-order valence-corrected chi connectivity index (χ1v) is 11.6. The standard InChI is InChI=1S/C23H20ClN5O4S/c1-14-15(2)29(11-16-6-5-9-31-16)22(17(14)10-25)26-20(30)13-34-23-28-27-21(33-23)12-32-19-8-4-3-7-18(19)24/h3-9H,11-13H2,1-2H3,(H,26,30). The number of para-hydroxylation sites is 1. The third kappa shape index (κ3) is 5.27. The second-order valence-corrected chi connectivity index (χ2v) is 8.56. The predicted molar refractivity (Wildman–Crippen MR) is 126 cm³/mol. The van der Waals surface area contributed by atoms with Gasteiger partial charge in [-0.15, -0.1) is 10.2 Å². The average Bonchev–Trinajstić information content (AvgIpc) is 3.56. The second kappa shape index (κ2) is 10.5. The van der Waals surface area contributed by atoms with E-state index in [9.17, 15) is 10.1 Å². The number of amides is 1. The SMILES string of the molecule is Cc1c(C#N)c(NC(=O)CSc2nnc(COc3ccccc3Cl)o2)n(Cc2ccco2)c1C. The summed E-state index contributed by atoms with van der Waals surface area (Å²) in [4.78, 5) is 12.7. The molecule has 4 rings (SSSR count). The number of carbonyl (C=O) groups excluding carboxylic acids is 1. The molecule has 0 aliphatic heterocycles. The summed E-state index contributed by atoms with van der Waals surface area (Å²) in [5.41, 5.74) is 2.09. The molecule has 1 N–H and O–H groups in total. The number of hydrogen-bond donors (Lipinski definition) is 1. The van der Waals surface area contributed by atoms with E-state index < -0.39 is 0 Å². The fourth-order valence-corrected chi connectivity index (χ4v) is 4.01. The van der Waals surface area contributed by atoms with Crippen molar-refractivity contribution < 1.29 is 18.4 Å². The van der Waals surface area contributed by atoms with Crippen molar-refractivity contribution in [1.82, 2.24) is 14.8 Å². The second-order valence-electron chi connectivity index (χ2n) is 7.23. The monoisotopic (exact) mass is 497 g/mol. The Balaban J connectivity index is 1.38. The quantitative estimate of drug-likeness (QED) is 0.322. The Bertz CT molecular complexity index is 1340. The van der Waals surface area contributed by atoms with Crippen molar-refractivity contribution in [3.63, 3.8) is 0 Å². The molecule has 0 saturated carbocycles. The van der Waals surface area contributed by atoms with Crippen LogP contribution >= 0.6 is 23.4 Å². The molecule has 0 saturated heterocycles. The van der Waals surface area contributed by atoms with Gasteiger partial charge >= 0.3 is 0 Å². The molecule has 0 bridgehead atoms. The third-order valence-corrected chi connectivity index (χ3v) is 6.19. The summed E-state index contributed by atoms with van der Waals surface area (Å²) in [5, 5.41) is 21.1. The molecule has 0 radical (unpaired) electrons. The molecule has 0 unspecified atom stereocenters. The predicted octanol–water partition coefficient (Wildman–Crippen LogP) is 4.96. The number of thioether (sulfide) groups is 1. The number of nitrogens with zero attached hydrogens (tertiary/aromatic N) is 4. The van der Waals surface area contributed by atoms with Crippen LogP contribution in [0.4, 0.5) is 5.82 Å². The highest BCUT2D eigenvalue weighted by Gasteiger charge is 2.21. The molecule has 0 fully saturated rings. The van der Waals surface area contributed by atoms with Crippen molar-refractivity contribution in [2.75, 3.05) is 11.1 Å². The lowest BCUT2D eigenvalue weighted by molar-refractivity contribution is -0.113. The molecule has 1 amide bonds. The number of ether oxygens (including phenoxy) is 1. The van der Waals surface area contributed by atoms with Gasteiger partial charge in [0.15, 0.2) is 6.61 Å². The highest BCUT2D eigenvalue weighted by molar-refractivity contribution is 7.99. The molecular formula is C23H20ClN5O4S. The zero-order valence-electron chi connectivity index (χ0n) is 18.4. The normalized spacial score (nSPS) is 10.8. The lowest BCUT2D eigenvalue weighted by atomic mass is 10.2. The maximum absolute atomic E-state index is 12.7. The number of anilines is 1. The van der Waals surface area contributed by atoms with Crippen LogP contribution in [0, 0.1) is 25.2 Å². The Morgan fingerprint density at radius 2 is 2.09 bits per heavy atom. The lowest BCUT2D eigenvalue weighted by Crippen LogP contribution is -2.18. The molecular weight excluding hydrogens is 478 g/mol. The third-order valence-electron chi connectivity index (χ3n) is 5.06. The van der Waals surface area contributed by atoms with E-state index >= 15 is 0 Å². The molecule has 0 aliphatic carbocycles. The zero-order valence-corrected chi connectivity index (χ0v) is 19.9. The molecule has 11 heteroatoms. The van der Waals surface area contributed by atoms with E-state index in [0.717, 1.165) is 23.0 Å². The van der Waals surface area contributed by atoms with Gasteiger partial charge in [-0.25, -0.2) is 0 Å². The summed E-state index contributed by atoms with van der Waals surface area (Å²) < 4.78 is 18.4. The molecule has 174 valence electrons. The van der Waals surface area contributed by atoms with Crippen LogP contribution < -0.4 is 10.1 Å². The van der Waals surface area contributed by atoms with Crippen LogP contribution in [0.1, 0.15) is 28.5 Å². The number of hydrogen-bond acceptors (Lipinski definition) is 8. The van der Waals surface area contributed by atoms with Crippen LogP contribution in [0.3, 0.4) is 0 Å². The molecule has 1 aromatic carbocycles. The fraction of sp³-hybridized carbons (Fsp3) is 0.217. The number of furan rings is 1. The van der Waals surface area contributed by atoms with E-state index in [-0.39, 0.29) is 29.4 Å². The molecule has 3 heterocycles. The van der Waals surface area contributed by atoms with Crippen LogP contribution in [0.25, 0.3) is 0 Å². The topological polar surface area (TPSA) is 119 Å². The first-order valence-electron chi connectivity index (χ1n) is 10.2. The van der Waals surface area contributed by atoms with E-state index in [1.165, 1.54) is 0 Å². The molecule has 9 nitrogen and oxygen atoms in total. The van der Waals surface area contributed by atoms with E-state index in [4.69, 9.17) is 25.2 Å². The van der Waals surface area contributed by atoms with Gasteiger partial charge in [0.25, 0.3) is 11.1 Å². The van der Waals surface area contributed by atoms with Crippen molar-refractivity contribution >= 4 is 35.1 Å². The van der Waals surface area contributed by atoms with Crippen LogP contribution in [-0.2, 0) is 17.9 Å². The van der Waals surface area contributed by atoms with Gasteiger partial charge in [-0.3, -0.25) is 4.79 Å². The smallest absolute Gasteiger partial charge is 0.277 e. The van der Waals surface area contributed by atoms with Crippen LogP contribution in [0.5, 0.6) is 5.75 Å². The molecule has 34 heavy (non-hydrogen) atoms. The van der Waals surface area contributed by atoms with Crippen LogP contribution in [0.15, 0.2) is 56.7 Å². The van der Waals surface area contributed by atoms with Crippen LogP contribution in [-0.4, -0.2) is 26.4 Å².